The van der Waals surface area contributed by atoms with E-state index in [1.165, 1.54) is 6.07 Å². The highest BCUT2D eigenvalue weighted by atomic mass is 19.4. The van der Waals surface area contributed by atoms with Crippen LogP contribution in [0.4, 0.5) is 23.7 Å². The molecule has 0 saturated carbocycles. The Morgan fingerprint density at radius 3 is 2.70 bits per heavy atom. The molecule has 1 rings (SSSR count). The van der Waals surface area contributed by atoms with Crippen LogP contribution in [0.25, 0.3) is 0 Å². The minimum Gasteiger partial charge on any atom is -0.384 e. The molecule has 0 unspecified atom stereocenters. The maximum Gasteiger partial charge on any atom is 0.405 e. The number of rotatable bonds is 2. The summed E-state index contributed by atoms with van der Waals surface area (Å²) in [5.74, 6) is 5.14. The fourth-order valence-corrected chi connectivity index (χ4v) is 1.32. The van der Waals surface area contributed by atoms with Crippen molar-refractivity contribution in [3.05, 3.63) is 29.3 Å². The van der Waals surface area contributed by atoms with Crippen LogP contribution >= 0.6 is 0 Å². The van der Waals surface area contributed by atoms with E-state index >= 15 is 0 Å². The van der Waals surface area contributed by atoms with E-state index in [0.717, 1.165) is 5.56 Å². The number of urea groups is 1. The smallest absolute Gasteiger partial charge is 0.384 e. The maximum absolute atomic E-state index is 11.9. The Kier molecular flexibility index (Phi) is 5.41. The number of alkyl halides is 3. The minimum atomic E-state index is -4.46. The molecular weight excluding hydrogens is 273 g/mol. The number of hydrogen-bond acceptors (Lipinski definition) is 2. The van der Waals surface area contributed by atoms with E-state index in [-0.39, 0.29) is 6.61 Å². The first kappa shape index (κ1) is 15.9. The lowest BCUT2D eigenvalue weighted by molar-refractivity contribution is -0.122. The average molecular weight is 286 g/mol. The van der Waals surface area contributed by atoms with E-state index < -0.39 is 18.8 Å². The molecule has 1 aromatic rings. The maximum atomic E-state index is 11.9. The first-order valence-corrected chi connectivity index (χ1v) is 5.64. The van der Waals surface area contributed by atoms with Crippen molar-refractivity contribution < 1.29 is 23.1 Å². The number of benzene rings is 1. The molecule has 1 aromatic carbocycles. The van der Waals surface area contributed by atoms with Crippen LogP contribution in [0.2, 0.25) is 0 Å². The van der Waals surface area contributed by atoms with Gasteiger partial charge in [-0.1, -0.05) is 17.9 Å². The number of carbonyl (C=O) groups is 1. The van der Waals surface area contributed by atoms with Crippen molar-refractivity contribution in [1.29, 1.82) is 0 Å². The lowest BCUT2D eigenvalue weighted by Gasteiger charge is -2.10. The molecule has 7 heteroatoms. The summed E-state index contributed by atoms with van der Waals surface area (Å²) in [4.78, 5) is 11.3. The molecule has 108 valence electrons. The summed E-state index contributed by atoms with van der Waals surface area (Å²) in [6, 6.07) is 3.78. The Morgan fingerprint density at radius 2 is 2.10 bits per heavy atom. The van der Waals surface area contributed by atoms with E-state index in [4.69, 9.17) is 5.11 Å². The Morgan fingerprint density at radius 1 is 1.40 bits per heavy atom. The summed E-state index contributed by atoms with van der Waals surface area (Å²) >= 11 is 0. The number of halogens is 3. The molecule has 4 nitrogen and oxygen atoms in total. The fourth-order valence-electron chi connectivity index (χ4n) is 1.32. The molecule has 3 N–H and O–H groups in total. The van der Waals surface area contributed by atoms with E-state index in [0.29, 0.717) is 11.3 Å². The standard InChI is InChI=1S/C13H13F3N2O2/c1-9-4-5-11(7-10(9)3-2-6-19)18-12(20)17-8-13(14,15)16/h4-5,7,19H,6,8H2,1H3,(H2,17,18,20). The number of nitrogens with one attached hydrogen (secondary N) is 2. The molecule has 0 atom stereocenters. The lowest BCUT2D eigenvalue weighted by atomic mass is 10.1. The van der Waals surface area contributed by atoms with E-state index in [1.54, 1.807) is 24.4 Å². The van der Waals surface area contributed by atoms with Crippen molar-refractivity contribution >= 4 is 11.7 Å². The second-order valence-electron chi connectivity index (χ2n) is 3.91. The zero-order valence-corrected chi connectivity index (χ0v) is 10.6. The third-order valence-electron chi connectivity index (χ3n) is 2.25. The van der Waals surface area contributed by atoms with Crippen molar-refractivity contribution in [2.45, 2.75) is 13.1 Å². The lowest BCUT2D eigenvalue weighted by Crippen LogP contribution is -2.36. The van der Waals surface area contributed by atoms with Gasteiger partial charge in [-0.05, 0) is 24.6 Å². The van der Waals surface area contributed by atoms with Crippen LogP contribution in [0.5, 0.6) is 0 Å². The second kappa shape index (κ2) is 6.82. The normalized spacial score (nSPS) is 10.4. The Balaban J connectivity index is 2.71. The molecule has 0 aromatic heterocycles. The molecular formula is C13H13F3N2O2. The summed E-state index contributed by atoms with van der Waals surface area (Å²) in [6.07, 6.45) is -4.46. The van der Waals surface area contributed by atoms with Crippen LogP contribution in [-0.2, 0) is 0 Å². The van der Waals surface area contributed by atoms with E-state index in [2.05, 4.69) is 17.2 Å². The molecule has 0 aliphatic carbocycles. The highest BCUT2D eigenvalue weighted by Crippen LogP contribution is 2.15. The average Bonchev–Trinajstić information content (AvgIpc) is 2.36. The highest BCUT2D eigenvalue weighted by molar-refractivity contribution is 5.89. The molecule has 0 radical (unpaired) electrons. The molecule has 20 heavy (non-hydrogen) atoms. The van der Waals surface area contributed by atoms with Crippen molar-refractivity contribution in [3.63, 3.8) is 0 Å². The van der Waals surface area contributed by atoms with Crippen molar-refractivity contribution in [1.82, 2.24) is 5.32 Å². The number of amides is 2. The Hall–Kier alpha value is -2.20. The van der Waals surface area contributed by atoms with Crippen LogP contribution in [-0.4, -0.2) is 30.5 Å². The van der Waals surface area contributed by atoms with Crippen molar-refractivity contribution in [2.24, 2.45) is 0 Å². The Labute approximate surface area is 114 Å². The quantitative estimate of drug-likeness (QED) is 0.728. The molecule has 0 bridgehead atoms. The number of hydrogen-bond donors (Lipinski definition) is 3. The second-order valence-corrected chi connectivity index (χ2v) is 3.91. The SMILES string of the molecule is Cc1ccc(NC(=O)NCC(F)(F)F)cc1C#CCO. The molecule has 0 heterocycles. The third-order valence-corrected chi connectivity index (χ3v) is 2.25. The summed E-state index contributed by atoms with van der Waals surface area (Å²) in [5.41, 5.74) is 1.72. The van der Waals surface area contributed by atoms with Gasteiger partial charge in [-0.3, -0.25) is 0 Å². The minimum absolute atomic E-state index is 0.302. The topological polar surface area (TPSA) is 61.4 Å². The van der Waals surface area contributed by atoms with E-state index in [9.17, 15) is 18.0 Å². The summed E-state index contributed by atoms with van der Waals surface area (Å²) in [5, 5.41) is 12.6. The number of anilines is 1. The highest BCUT2D eigenvalue weighted by Gasteiger charge is 2.27. The van der Waals surface area contributed by atoms with Gasteiger partial charge < -0.3 is 15.7 Å². The zero-order valence-electron chi connectivity index (χ0n) is 10.6. The third kappa shape index (κ3) is 5.63. The van der Waals surface area contributed by atoms with Gasteiger partial charge in [0, 0.05) is 11.3 Å². The first-order chi connectivity index (χ1) is 9.31. The van der Waals surface area contributed by atoms with Crippen LogP contribution in [0.1, 0.15) is 11.1 Å². The van der Waals surface area contributed by atoms with Gasteiger partial charge in [0.25, 0.3) is 0 Å². The van der Waals surface area contributed by atoms with Gasteiger partial charge in [-0.15, -0.1) is 0 Å². The number of aliphatic hydroxyl groups excluding tert-OH is 1. The predicted molar refractivity (Wildman–Crippen MR) is 68.2 cm³/mol. The van der Waals surface area contributed by atoms with Crippen LogP contribution < -0.4 is 10.6 Å². The van der Waals surface area contributed by atoms with Gasteiger partial charge in [-0.25, -0.2) is 4.79 Å². The molecule has 0 fully saturated rings. The molecule has 0 spiro atoms. The fraction of sp³-hybridized carbons (Fsp3) is 0.308. The summed E-state index contributed by atoms with van der Waals surface area (Å²) in [6.45, 7) is 0.0833. The van der Waals surface area contributed by atoms with Gasteiger partial charge in [0.2, 0.25) is 0 Å². The molecule has 0 saturated heterocycles. The van der Waals surface area contributed by atoms with Gasteiger partial charge in [0.15, 0.2) is 0 Å². The monoisotopic (exact) mass is 286 g/mol. The number of aliphatic hydroxyl groups is 1. The van der Waals surface area contributed by atoms with Crippen molar-refractivity contribution in [3.8, 4) is 11.8 Å². The van der Waals surface area contributed by atoms with Crippen LogP contribution in [0.3, 0.4) is 0 Å². The van der Waals surface area contributed by atoms with Gasteiger partial charge in [0.1, 0.15) is 13.2 Å². The molecule has 0 aliphatic rings. The van der Waals surface area contributed by atoms with Crippen molar-refractivity contribution in [2.75, 3.05) is 18.5 Å². The zero-order chi connectivity index (χ0) is 15.2. The van der Waals surface area contributed by atoms with Crippen LogP contribution in [0.15, 0.2) is 18.2 Å². The van der Waals surface area contributed by atoms with Gasteiger partial charge >= 0.3 is 12.2 Å². The van der Waals surface area contributed by atoms with Crippen LogP contribution in [0, 0.1) is 18.8 Å². The Bertz CT molecular complexity index is 545. The molecule has 2 amide bonds. The largest absolute Gasteiger partial charge is 0.405 e. The molecule has 0 aliphatic heterocycles. The predicted octanol–water partition coefficient (Wildman–Crippen LogP) is 2.02. The van der Waals surface area contributed by atoms with Gasteiger partial charge in [-0.2, -0.15) is 13.2 Å². The number of carbonyl (C=O) groups excluding carboxylic acids is 1. The van der Waals surface area contributed by atoms with E-state index in [1.807, 2.05) is 0 Å². The number of aryl methyl sites for hydroxylation is 1. The summed E-state index contributed by atoms with van der Waals surface area (Å²) in [7, 11) is 0. The first-order valence-electron chi connectivity index (χ1n) is 5.64. The summed E-state index contributed by atoms with van der Waals surface area (Å²) < 4.78 is 35.8. The van der Waals surface area contributed by atoms with Gasteiger partial charge in [0.05, 0.1) is 0 Å².